The zero-order valence-corrected chi connectivity index (χ0v) is 20.7. The van der Waals surface area contributed by atoms with Crippen molar-refractivity contribution in [1.29, 1.82) is 0 Å². The highest BCUT2D eigenvalue weighted by Gasteiger charge is 2.63. The number of benzene rings is 1. The van der Waals surface area contributed by atoms with E-state index in [9.17, 15) is 0 Å². The highest BCUT2D eigenvalue weighted by Crippen LogP contribution is 2.51. The normalized spacial score (nSPS) is 27.5. The molecule has 182 valence electrons. The first kappa shape index (κ1) is 22.4. The zero-order chi connectivity index (χ0) is 24.5. The Morgan fingerprint density at radius 3 is 2.83 bits per heavy atom. The fourth-order valence-electron chi connectivity index (χ4n) is 5.14. The van der Waals surface area contributed by atoms with E-state index in [1.54, 1.807) is 26.0 Å². The number of alkyl halides is 1. The molecule has 0 radical (unpaired) electrons. The summed E-state index contributed by atoms with van der Waals surface area (Å²) in [7, 11) is 0. The third-order valence-corrected chi connectivity index (χ3v) is 7.35. The molecule has 3 aromatic heterocycles. The Bertz CT molecular complexity index is 1460. The van der Waals surface area contributed by atoms with Crippen molar-refractivity contribution in [2.45, 2.75) is 50.0 Å². The maximum absolute atomic E-state index is 16.6. The van der Waals surface area contributed by atoms with Crippen LogP contribution in [0.4, 0.5) is 16.0 Å². The van der Waals surface area contributed by atoms with E-state index in [-0.39, 0.29) is 19.1 Å². The number of hydrogen-bond donors (Lipinski definition) is 2. The van der Waals surface area contributed by atoms with Crippen LogP contribution in [-0.4, -0.2) is 49.8 Å². The van der Waals surface area contributed by atoms with Gasteiger partial charge in [0.25, 0.3) is 0 Å². The van der Waals surface area contributed by atoms with Crippen LogP contribution in [0.1, 0.15) is 26.3 Å². The number of pyridine rings is 1. The van der Waals surface area contributed by atoms with E-state index in [4.69, 9.17) is 25.7 Å². The van der Waals surface area contributed by atoms with E-state index >= 15 is 4.39 Å². The molecule has 1 aliphatic heterocycles. The number of ether oxygens (including phenoxy) is 3. The lowest BCUT2D eigenvalue weighted by molar-refractivity contribution is -0.174. The van der Waals surface area contributed by atoms with Crippen molar-refractivity contribution in [2.75, 3.05) is 18.1 Å². The molecular weight excluding hydrogens is 519 g/mol. The number of halogens is 2. The molecular formula is C24H24BrFN6O3. The molecule has 1 aliphatic carbocycles. The van der Waals surface area contributed by atoms with Crippen molar-refractivity contribution < 1.29 is 18.6 Å². The third-order valence-electron chi connectivity index (χ3n) is 6.71. The molecule has 2 aliphatic rings. The van der Waals surface area contributed by atoms with Crippen LogP contribution in [0, 0.1) is 0 Å². The Balaban J connectivity index is 1.31. The second kappa shape index (κ2) is 7.74. The van der Waals surface area contributed by atoms with Crippen LogP contribution < -0.4 is 16.2 Å². The van der Waals surface area contributed by atoms with Gasteiger partial charge in [-0.15, -0.1) is 0 Å². The van der Waals surface area contributed by atoms with Crippen molar-refractivity contribution in [3.05, 3.63) is 47.3 Å². The third kappa shape index (κ3) is 3.69. The maximum Gasteiger partial charge on any atom is 0.175 e. The van der Waals surface area contributed by atoms with Crippen LogP contribution in [0.15, 0.2) is 47.3 Å². The number of nitrogens with zero attached hydrogens (tertiary/aromatic N) is 4. The number of anilines is 2. The van der Waals surface area contributed by atoms with E-state index < -0.39 is 23.7 Å². The standard InChI is InChI=1S/C24H24BrFN6O3/c1-23(2)34-18-17(32-6-5-14-20(27)29-11-30-22(14)32)9-24(26,19(18)35-23)10-33-13-4-3-12-7-15(25)21(28)31-16(12)8-13/h3-8,11,17-19H,9-10H2,1-2H3,(H2,28,31)(H2,27,29,30)/t17-,18+,19+,24+/m1/s1. The van der Waals surface area contributed by atoms with Gasteiger partial charge in [0.2, 0.25) is 0 Å². The molecule has 6 rings (SSSR count). The van der Waals surface area contributed by atoms with Crippen LogP contribution in [-0.2, 0) is 9.47 Å². The lowest BCUT2D eigenvalue weighted by Gasteiger charge is -2.28. The largest absolute Gasteiger partial charge is 0.490 e. The summed E-state index contributed by atoms with van der Waals surface area (Å²) in [6, 6.07) is 8.75. The van der Waals surface area contributed by atoms with Crippen LogP contribution in [0.2, 0.25) is 0 Å². The summed E-state index contributed by atoms with van der Waals surface area (Å²) < 4.78 is 37.4. The average Bonchev–Trinajstić information content (AvgIpc) is 3.45. The predicted octanol–water partition coefficient (Wildman–Crippen LogP) is 4.16. The molecule has 1 aromatic carbocycles. The number of nitrogens with two attached hydrogens (primary N) is 2. The molecule has 4 atom stereocenters. The summed E-state index contributed by atoms with van der Waals surface area (Å²) in [4.78, 5) is 12.8. The Kier molecular flexibility index (Phi) is 4.96. The lowest BCUT2D eigenvalue weighted by atomic mass is 10.0. The van der Waals surface area contributed by atoms with Gasteiger partial charge in [0.1, 0.15) is 48.2 Å². The Labute approximate surface area is 208 Å². The Hall–Kier alpha value is -3.02. The number of aromatic nitrogens is 4. The van der Waals surface area contributed by atoms with Crippen LogP contribution >= 0.6 is 15.9 Å². The van der Waals surface area contributed by atoms with E-state index in [1.807, 2.05) is 29.0 Å². The first-order valence-electron chi connectivity index (χ1n) is 11.2. The fourth-order valence-corrected chi connectivity index (χ4v) is 5.47. The molecule has 11 heteroatoms. The first-order valence-corrected chi connectivity index (χ1v) is 12.0. The van der Waals surface area contributed by atoms with Gasteiger partial charge in [-0.25, -0.2) is 19.3 Å². The van der Waals surface area contributed by atoms with Crippen molar-refractivity contribution in [2.24, 2.45) is 0 Å². The Morgan fingerprint density at radius 2 is 2.00 bits per heavy atom. The van der Waals surface area contributed by atoms with Gasteiger partial charge in [-0.1, -0.05) is 0 Å². The molecule has 0 amide bonds. The second-order valence-corrected chi connectivity index (χ2v) is 10.4. The second-order valence-electron chi connectivity index (χ2n) is 9.54. The monoisotopic (exact) mass is 542 g/mol. The summed E-state index contributed by atoms with van der Waals surface area (Å²) >= 11 is 3.38. The van der Waals surface area contributed by atoms with Gasteiger partial charge in [-0.3, -0.25) is 0 Å². The van der Waals surface area contributed by atoms with Gasteiger partial charge in [0.15, 0.2) is 11.5 Å². The SMILES string of the molecule is CC1(C)O[C@H]2[C@H](n3ccc4c(N)ncnc43)C[C@](F)(COc3ccc4cc(Br)c(N)nc4c3)[C@H]2O1. The predicted molar refractivity (Wildman–Crippen MR) is 133 cm³/mol. The fraction of sp³-hybridized carbons (Fsp3) is 0.375. The molecule has 1 saturated carbocycles. The highest BCUT2D eigenvalue weighted by atomic mass is 79.9. The van der Waals surface area contributed by atoms with Crippen LogP contribution in [0.3, 0.4) is 0 Å². The van der Waals surface area contributed by atoms with Crippen molar-refractivity contribution >= 4 is 49.5 Å². The average molecular weight is 543 g/mol. The smallest absolute Gasteiger partial charge is 0.175 e. The number of rotatable bonds is 4. The molecule has 35 heavy (non-hydrogen) atoms. The van der Waals surface area contributed by atoms with Crippen molar-refractivity contribution in [1.82, 2.24) is 19.5 Å². The van der Waals surface area contributed by atoms with Gasteiger partial charge < -0.3 is 30.2 Å². The topological polar surface area (TPSA) is 123 Å². The molecule has 0 spiro atoms. The molecule has 1 saturated heterocycles. The summed E-state index contributed by atoms with van der Waals surface area (Å²) in [5, 5.41) is 1.61. The van der Waals surface area contributed by atoms with Gasteiger partial charge >= 0.3 is 0 Å². The van der Waals surface area contributed by atoms with Gasteiger partial charge in [0.05, 0.1) is 21.4 Å². The van der Waals surface area contributed by atoms with E-state index in [0.717, 1.165) is 9.86 Å². The molecule has 4 aromatic rings. The van der Waals surface area contributed by atoms with Crippen LogP contribution in [0.5, 0.6) is 5.75 Å². The van der Waals surface area contributed by atoms with Crippen LogP contribution in [0.25, 0.3) is 21.9 Å². The van der Waals surface area contributed by atoms with Gasteiger partial charge in [-0.05, 0) is 54.0 Å². The summed E-state index contributed by atoms with van der Waals surface area (Å²) in [6.45, 7) is 3.36. The number of hydrogen-bond acceptors (Lipinski definition) is 8. The number of nitrogen functional groups attached to an aromatic ring is 2. The highest BCUT2D eigenvalue weighted by molar-refractivity contribution is 9.10. The maximum atomic E-state index is 16.6. The summed E-state index contributed by atoms with van der Waals surface area (Å²) in [5.41, 5.74) is 11.4. The minimum Gasteiger partial charge on any atom is -0.490 e. The molecule has 0 unspecified atom stereocenters. The molecule has 4 heterocycles. The Morgan fingerprint density at radius 1 is 1.17 bits per heavy atom. The first-order chi connectivity index (χ1) is 16.6. The molecule has 0 bridgehead atoms. The van der Waals surface area contributed by atoms with E-state index in [0.29, 0.717) is 33.9 Å². The lowest BCUT2D eigenvalue weighted by Crippen LogP contribution is -2.43. The van der Waals surface area contributed by atoms with Gasteiger partial charge in [0, 0.05) is 24.1 Å². The number of fused-ring (bicyclic) bond motifs is 3. The molecule has 2 fully saturated rings. The minimum atomic E-state index is -1.81. The van der Waals surface area contributed by atoms with E-state index in [1.165, 1.54) is 6.33 Å². The minimum absolute atomic E-state index is 0.123. The molecule has 9 nitrogen and oxygen atoms in total. The van der Waals surface area contributed by atoms with E-state index in [2.05, 4.69) is 30.9 Å². The molecule has 4 N–H and O–H groups in total. The quantitative estimate of drug-likeness (QED) is 0.394. The zero-order valence-electron chi connectivity index (χ0n) is 19.1. The van der Waals surface area contributed by atoms with Crippen molar-refractivity contribution in [3.8, 4) is 5.75 Å². The summed E-state index contributed by atoms with van der Waals surface area (Å²) in [5.74, 6) is 0.314. The summed E-state index contributed by atoms with van der Waals surface area (Å²) in [6.07, 6.45) is 2.03. The van der Waals surface area contributed by atoms with Crippen molar-refractivity contribution in [3.63, 3.8) is 0 Å². The van der Waals surface area contributed by atoms with Gasteiger partial charge in [-0.2, -0.15) is 0 Å².